The Morgan fingerprint density at radius 1 is 1.67 bits per heavy atom. The fraction of sp³-hybridized carbons (Fsp3) is 0.200. The number of hydrogen-bond acceptors (Lipinski definition) is 1. The highest BCUT2D eigenvalue weighted by molar-refractivity contribution is 5.06. The van der Waals surface area contributed by atoms with E-state index in [-0.39, 0.29) is 0 Å². The predicted molar refractivity (Wildman–Crippen MR) is 26.3 cm³/mol. The van der Waals surface area contributed by atoms with Crippen molar-refractivity contribution < 1.29 is 1.41 Å². The lowest BCUT2D eigenvalue weighted by atomic mass is 10.4. The Bertz CT molecular complexity index is 107. The van der Waals surface area contributed by atoms with Crippen molar-refractivity contribution in [3.05, 3.63) is 24.4 Å². The van der Waals surface area contributed by atoms with Crippen molar-refractivity contribution in [3.63, 3.8) is 0 Å². The first-order valence-electron chi connectivity index (χ1n) is 2.43. The number of dihydropyridines is 1. The van der Waals surface area contributed by atoms with E-state index in [0.717, 1.165) is 6.54 Å². The zero-order valence-electron chi connectivity index (χ0n) is 4.46. The van der Waals surface area contributed by atoms with Crippen molar-refractivity contribution in [2.24, 2.45) is 0 Å². The molecule has 0 amide bonds. The zero-order chi connectivity index (χ0) is 5.11. The Morgan fingerprint density at radius 3 is 3.00 bits per heavy atom. The fourth-order valence-electron chi connectivity index (χ4n) is 0.372. The van der Waals surface area contributed by atoms with Crippen LogP contribution in [-0.2, 0) is 0 Å². The maximum atomic E-state index is 6.97. The van der Waals surface area contributed by atoms with E-state index in [0.29, 0.717) is 0 Å². The van der Waals surface area contributed by atoms with Gasteiger partial charge in [0.05, 0.1) is 0 Å². The molecule has 0 aromatic rings. The Morgan fingerprint density at radius 2 is 2.67 bits per heavy atom. The van der Waals surface area contributed by atoms with Crippen LogP contribution in [0.5, 0.6) is 0 Å². The van der Waals surface area contributed by atoms with Crippen LogP contribution in [0.3, 0.4) is 0 Å². The van der Waals surface area contributed by atoms with Gasteiger partial charge in [-0.15, -0.1) is 0 Å². The molecule has 0 fully saturated rings. The van der Waals surface area contributed by atoms with E-state index < -0.39 is 0 Å². The van der Waals surface area contributed by atoms with Crippen molar-refractivity contribution in [1.29, 1.82) is 0 Å². The molecule has 0 aromatic carbocycles. The third-order valence-electron chi connectivity index (χ3n) is 0.649. The smallest absolute Gasteiger partial charge is 0.160 e. The first kappa shape index (κ1) is 2.45. The molecule has 1 aliphatic rings. The molecule has 1 rings (SSSR count). The van der Waals surface area contributed by atoms with Gasteiger partial charge < -0.3 is 5.31 Å². The summed E-state index contributed by atoms with van der Waals surface area (Å²) in [6, 6.07) is 0. The van der Waals surface area contributed by atoms with Crippen molar-refractivity contribution >= 4 is 0 Å². The number of allylic oxidation sites excluding steroid dienone is 2. The van der Waals surface area contributed by atoms with Gasteiger partial charge in [0.25, 0.3) is 0 Å². The van der Waals surface area contributed by atoms with E-state index in [4.69, 9.17) is 1.41 Å². The Labute approximate surface area is 38.8 Å². The second-order valence-corrected chi connectivity index (χ2v) is 1.13. The molecule has 32 valence electrons. The molecule has 0 spiro atoms. The van der Waals surface area contributed by atoms with Gasteiger partial charge in [-0.2, -0.15) is 0 Å². The van der Waals surface area contributed by atoms with Gasteiger partial charge in [-0.1, -0.05) is 12.2 Å². The lowest BCUT2D eigenvalue weighted by molar-refractivity contribution is 0.972. The Hall–Kier alpha value is -0.720. The maximum Gasteiger partial charge on any atom is 0.160 e. The van der Waals surface area contributed by atoms with Crippen LogP contribution >= 0.6 is 0 Å². The summed E-state index contributed by atoms with van der Waals surface area (Å²) in [6.45, 7) is 0.719. The van der Waals surface area contributed by atoms with Gasteiger partial charge in [0.2, 0.25) is 0 Å². The van der Waals surface area contributed by atoms with Crippen molar-refractivity contribution in [3.8, 4) is 0 Å². The van der Waals surface area contributed by atoms with E-state index in [1.54, 1.807) is 6.20 Å². The van der Waals surface area contributed by atoms with Crippen LogP contribution in [0.15, 0.2) is 24.4 Å². The average molecular weight is 82.1 g/mol. The summed E-state index contributed by atoms with van der Waals surface area (Å²) < 4.78 is 6.97. The second-order valence-electron chi connectivity index (χ2n) is 1.13. The third kappa shape index (κ3) is 0.612. The highest BCUT2D eigenvalue weighted by atomic mass is 14.8. The first-order chi connectivity index (χ1) is 3.39. The highest BCUT2D eigenvalue weighted by Gasteiger charge is 1.73. The van der Waals surface area contributed by atoms with Crippen LogP contribution in [0, 0.1) is 0 Å². The van der Waals surface area contributed by atoms with Crippen molar-refractivity contribution in [2.45, 2.75) is 0 Å². The molecule has 0 aromatic heterocycles. The van der Waals surface area contributed by atoms with Gasteiger partial charge in [-0.05, 0) is 12.3 Å². The van der Waals surface area contributed by atoms with Crippen LogP contribution in [0.2, 0.25) is 1.41 Å². The van der Waals surface area contributed by atoms with E-state index in [9.17, 15) is 0 Å². The molecule has 1 heterocycles. The lowest BCUT2D eigenvalue weighted by Gasteiger charge is -1.94. The quantitative estimate of drug-likeness (QED) is 0.452. The van der Waals surface area contributed by atoms with Crippen LogP contribution in [0.1, 0.15) is 0 Å². The summed E-state index contributed by atoms with van der Waals surface area (Å²) in [4.78, 5) is 0. The van der Waals surface area contributed by atoms with E-state index >= 15 is 0 Å². The van der Waals surface area contributed by atoms with Gasteiger partial charge >= 0.3 is 0 Å². The fourth-order valence-corrected chi connectivity index (χ4v) is 0.372. The maximum absolute atomic E-state index is 6.97. The third-order valence-corrected chi connectivity index (χ3v) is 0.649. The monoisotopic (exact) mass is 82.1 g/mol. The summed E-state index contributed by atoms with van der Waals surface area (Å²) in [5.41, 5.74) is 0. The van der Waals surface area contributed by atoms with Crippen LogP contribution < -0.4 is 5.31 Å². The number of rotatable bonds is 0. The van der Waals surface area contributed by atoms with Gasteiger partial charge in [-0.3, -0.25) is 0 Å². The van der Waals surface area contributed by atoms with Gasteiger partial charge in [-0.25, -0.2) is 0 Å². The molecule has 0 saturated carbocycles. The van der Waals surface area contributed by atoms with Crippen LogP contribution in [-0.4, -0.2) is 6.54 Å². The summed E-state index contributed by atoms with van der Waals surface area (Å²) in [5.74, 6) is 0. The molecule has 6 heavy (non-hydrogen) atoms. The van der Waals surface area contributed by atoms with Crippen LogP contribution in [0.25, 0.3) is 0 Å². The van der Waals surface area contributed by atoms with Crippen molar-refractivity contribution in [1.82, 2.24) is 5.31 Å². The van der Waals surface area contributed by atoms with Gasteiger partial charge in [0.1, 0.15) is 0 Å². The molecule has 0 radical (unpaired) electrons. The summed E-state index contributed by atoms with van der Waals surface area (Å²) >= 11 is 0. The zero-order valence-corrected chi connectivity index (χ0v) is 3.46. The Kier molecular flexibility index (Phi) is 0.675. The SMILES string of the molecule is [2H]N1C=CC=CC1. The van der Waals surface area contributed by atoms with E-state index in [2.05, 4.69) is 0 Å². The van der Waals surface area contributed by atoms with Gasteiger partial charge in [0, 0.05) is 6.54 Å². The summed E-state index contributed by atoms with van der Waals surface area (Å²) in [7, 11) is 0. The molecule has 0 bridgehead atoms. The van der Waals surface area contributed by atoms with E-state index in [1.165, 1.54) is 5.31 Å². The molecule has 0 unspecified atom stereocenters. The molecule has 0 atom stereocenters. The summed E-state index contributed by atoms with van der Waals surface area (Å²) in [5, 5.41) is 1.38. The molecule has 1 heteroatoms. The highest BCUT2D eigenvalue weighted by Crippen LogP contribution is 1.78. The Balaban J connectivity index is 2.49. The minimum atomic E-state index is 0.719. The standard InChI is InChI=1S/C5H7N/c1-2-4-6-5-3-1/h1-4,6H,5H2/i/hD. The van der Waals surface area contributed by atoms with Gasteiger partial charge in [0.15, 0.2) is 1.41 Å². The predicted octanol–water partition coefficient (Wildman–Crippen LogP) is 0.659. The molecular formula is C5H7N. The normalized spacial score (nSPS) is 21.3. The number of nitrogens with one attached hydrogen (secondary N) is 1. The lowest BCUT2D eigenvalue weighted by Crippen LogP contribution is -2.05. The molecule has 0 saturated heterocycles. The minimum absolute atomic E-state index is 0.719. The van der Waals surface area contributed by atoms with E-state index in [1.807, 2.05) is 18.2 Å². The van der Waals surface area contributed by atoms with Crippen molar-refractivity contribution in [2.75, 3.05) is 6.54 Å². The molecular weight excluding hydrogens is 74.1 g/mol. The van der Waals surface area contributed by atoms with Crippen LogP contribution in [0.4, 0.5) is 0 Å². The topological polar surface area (TPSA) is 12.0 Å². The molecule has 1 nitrogen and oxygen atoms in total. The second kappa shape index (κ2) is 1.65. The number of hydrogen-bond donors (Lipinski definition) is 1. The molecule has 0 aliphatic carbocycles. The minimum Gasteiger partial charge on any atom is -0.387 e. The molecule has 1 aliphatic heterocycles. The largest absolute Gasteiger partial charge is 0.387 e. The average Bonchev–Trinajstić information content (AvgIpc) is 1.69. The molecule has 1 N–H and O–H groups in total. The first-order valence-corrected chi connectivity index (χ1v) is 1.98. The summed E-state index contributed by atoms with van der Waals surface area (Å²) in [6.07, 6.45) is 7.44.